The van der Waals surface area contributed by atoms with Gasteiger partial charge in [0.25, 0.3) is 0 Å². The molecule has 2 heteroatoms. The summed E-state index contributed by atoms with van der Waals surface area (Å²) in [7, 11) is 0. The Bertz CT molecular complexity index is 105. The maximum absolute atomic E-state index is 3.81. The van der Waals surface area contributed by atoms with Crippen LogP contribution in [-0.2, 0) is 0 Å². The predicted molar refractivity (Wildman–Crippen MR) is 53.6 cm³/mol. The molecule has 0 radical (unpaired) electrons. The molecule has 0 amide bonds. The van der Waals surface area contributed by atoms with E-state index >= 15 is 0 Å². The van der Waals surface area contributed by atoms with E-state index in [0.29, 0.717) is 0 Å². The summed E-state index contributed by atoms with van der Waals surface area (Å²) in [4.78, 5) is 0. The first kappa shape index (κ1) is 8.36. The van der Waals surface area contributed by atoms with E-state index in [4.69, 9.17) is 0 Å². The topological polar surface area (TPSA) is 0 Å². The van der Waals surface area contributed by atoms with Gasteiger partial charge in [-0.2, -0.15) is 0 Å². The molecule has 1 heterocycles. The van der Waals surface area contributed by atoms with E-state index in [1.165, 1.54) is 17.3 Å². The van der Waals surface area contributed by atoms with Crippen LogP contribution >= 0.6 is 18.7 Å². The van der Waals surface area contributed by atoms with Gasteiger partial charge >= 0.3 is 71.8 Å². The summed E-state index contributed by atoms with van der Waals surface area (Å²) < 4.78 is 4.58. The van der Waals surface area contributed by atoms with E-state index in [-0.39, 0.29) is 0 Å². The number of halogens is 1. The molecule has 0 atom stereocenters. The molecule has 0 nitrogen and oxygen atoms in total. The van der Waals surface area contributed by atoms with Gasteiger partial charge in [0.05, 0.1) is 0 Å². The van der Waals surface area contributed by atoms with E-state index in [9.17, 15) is 0 Å². The Morgan fingerprint density at radius 3 is 2.44 bits per heavy atom. The van der Waals surface area contributed by atoms with Crippen LogP contribution in [0, 0.1) is 0 Å². The number of rotatable bonds is 2. The SMILES string of the molecule is C=CC[Te]1(I)CCCC1. The second kappa shape index (κ2) is 3.59. The molecule has 0 unspecified atom stereocenters. The van der Waals surface area contributed by atoms with E-state index < -0.39 is 14.2 Å². The first-order valence-electron chi connectivity index (χ1n) is 3.34. The summed E-state index contributed by atoms with van der Waals surface area (Å²) in [6, 6.07) is 0. The Labute approximate surface area is 71.2 Å². The molecule has 54 valence electrons. The first-order chi connectivity index (χ1) is 4.27. The summed E-state index contributed by atoms with van der Waals surface area (Å²) in [5.41, 5.74) is 0. The van der Waals surface area contributed by atoms with Crippen molar-refractivity contribution in [1.82, 2.24) is 0 Å². The molecule has 0 N–H and O–H groups in total. The number of allylic oxidation sites excluding steroid dienone is 1. The molecular weight excluding hydrogens is 339 g/mol. The molecule has 0 saturated carbocycles. The molecular formula is C7H13ITe. The van der Waals surface area contributed by atoms with Crippen molar-refractivity contribution in [2.24, 2.45) is 0 Å². The van der Waals surface area contributed by atoms with Crippen LogP contribution < -0.4 is 0 Å². The van der Waals surface area contributed by atoms with Crippen LogP contribution in [0.4, 0.5) is 0 Å². The Morgan fingerprint density at radius 2 is 2.00 bits per heavy atom. The van der Waals surface area contributed by atoms with Gasteiger partial charge in [-0.05, 0) is 0 Å². The summed E-state index contributed by atoms with van der Waals surface area (Å²) >= 11 is 1.56. The van der Waals surface area contributed by atoms with Gasteiger partial charge in [0.1, 0.15) is 0 Å². The van der Waals surface area contributed by atoms with Crippen molar-refractivity contribution < 1.29 is 0 Å². The second-order valence-electron chi connectivity index (χ2n) is 2.51. The van der Waals surface area contributed by atoms with Crippen molar-refractivity contribution in [2.45, 2.75) is 26.2 Å². The van der Waals surface area contributed by atoms with Crippen molar-refractivity contribution in [2.75, 3.05) is 0 Å². The molecule has 1 aliphatic heterocycles. The zero-order valence-electron chi connectivity index (χ0n) is 5.61. The second-order valence-corrected chi connectivity index (χ2v) is 23.7. The molecule has 9 heavy (non-hydrogen) atoms. The fraction of sp³-hybridized carbons (Fsp3) is 0.714. The van der Waals surface area contributed by atoms with Crippen molar-refractivity contribution in [3.8, 4) is 0 Å². The molecule has 0 aromatic rings. The minimum absolute atomic E-state index is 1.22. The Hall–Kier alpha value is 1.26. The molecule has 1 rings (SSSR count). The Kier molecular flexibility index (Phi) is 3.34. The fourth-order valence-electron chi connectivity index (χ4n) is 1.20. The van der Waals surface area contributed by atoms with E-state index in [1.54, 1.807) is 8.94 Å². The molecule has 0 aromatic heterocycles. The van der Waals surface area contributed by atoms with Crippen LogP contribution in [0.5, 0.6) is 0 Å². The van der Waals surface area contributed by atoms with Crippen LogP contribution in [0.15, 0.2) is 12.7 Å². The van der Waals surface area contributed by atoms with Gasteiger partial charge < -0.3 is 0 Å². The van der Waals surface area contributed by atoms with E-state index in [0.717, 1.165) is 0 Å². The molecule has 0 aromatic carbocycles. The van der Waals surface area contributed by atoms with Gasteiger partial charge in [-0.3, -0.25) is 0 Å². The third-order valence-electron chi connectivity index (χ3n) is 1.69. The van der Waals surface area contributed by atoms with E-state index in [1.807, 2.05) is 0 Å². The fourth-order valence-corrected chi connectivity index (χ4v) is 13.9. The van der Waals surface area contributed by atoms with Crippen molar-refractivity contribution in [3.63, 3.8) is 0 Å². The predicted octanol–water partition coefficient (Wildman–Crippen LogP) is 3.35. The van der Waals surface area contributed by atoms with Crippen LogP contribution in [0.1, 0.15) is 12.8 Å². The monoisotopic (exact) mass is 354 g/mol. The zero-order valence-corrected chi connectivity index (χ0v) is 10.1. The van der Waals surface area contributed by atoms with Crippen molar-refractivity contribution >= 4 is 32.9 Å². The average molecular weight is 352 g/mol. The quantitative estimate of drug-likeness (QED) is 0.407. The van der Waals surface area contributed by atoms with Gasteiger partial charge in [-0.1, -0.05) is 0 Å². The molecule has 0 spiro atoms. The third kappa shape index (κ3) is 2.40. The Morgan fingerprint density at radius 1 is 1.44 bits per heavy atom. The normalized spacial score (nSPS) is 27.7. The number of hydrogen-bond acceptors (Lipinski definition) is 0. The summed E-state index contributed by atoms with van der Waals surface area (Å²) in [6.07, 6.45) is 5.16. The first-order valence-corrected chi connectivity index (χ1v) is 15.1. The van der Waals surface area contributed by atoms with Crippen LogP contribution in [0.25, 0.3) is 0 Å². The molecule has 0 bridgehead atoms. The van der Waals surface area contributed by atoms with Crippen LogP contribution in [0.3, 0.4) is 0 Å². The van der Waals surface area contributed by atoms with Gasteiger partial charge in [-0.25, -0.2) is 0 Å². The summed E-state index contributed by atoms with van der Waals surface area (Å²) in [6.45, 7) is 3.81. The number of hydrogen-bond donors (Lipinski definition) is 0. The standard InChI is InChI=1S/C7H13ITe/c1-2-5-9(8)6-3-4-7-9/h2H,1,3-7H2. The maximum atomic E-state index is 3.81. The van der Waals surface area contributed by atoms with Crippen LogP contribution in [-0.4, -0.2) is 14.2 Å². The van der Waals surface area contributed by atoms with Crippen molar-refractivity contribution in [3.05, 3.63) is 12.7 Å². The van der Waals surface area contributed by atoms with Gasteiger partial charge in [0.15, 0.2) is 0 Å². The van der Waals surface area contributed by atoms with Gasteiger partial charge in [-0.15, -0.1) is 0 Å². The molecule has 0 aliphatic carbocycles. The summed E-state index contributed by atoms with van der Waals surface area (Å²) in [5.74, 6) is 0. The summed E-state index contributed by atoms with van der Waals surface area (Å²) in [5, 5.41) is 0. The van der Waals surface area contributed by atoms with Gasteiger partial charge in [0.2, 0.25) is 0 Å². The third-order valence-corrected chi connectivity index (χ3v) is 18.2. The molecule has 1 saturated heterocycles. The van der Waals surface area contributed by atoms with Crippen molar-refractivity contribution in [1.29, 1.82) is 0 Å². The van der Waals surface area contributed by atoms with E-state index in [2.05, 4.69) is 31.3 Å². The van der Waals surface area contributed by atoms with Gasteiger partial charge in [0, 0.05) is 0 Å². The molecule has 1 fully saturated rings. The van der Waals surface area contributed by atoms with Crippen LogP contribution in [0.2, 0.25) is 13.4 Å². The Balaban J connectivity index is 2.40. The molecule has 1 aliphatic rings. The average Bonchev–Trinajstić information content (AvgIpc) is 2.16. The minimum atomic E-state index is -1.22. The zero-order chi connectivity index (χ0) is 6.74.